The number of carbonyl (C=O) groups is 1. The molecule has 1 unspecified atom stereocenters. The van der Waals surface area contributed by atoms with Crippen LogP contribution in [0.3, 0.4) is 0 Å². The second-order valence-corrected chi connectivity index (χ2v) is 6.99. The molecule has 2 aromatic carbocycles. The first kappa shape index (κ1) is 18.5. The number of phenols is 1. The molecule has 1 aliphatic rings. The number of amides is 1. The number of rotatable bonds is 3. The van der Waals surface area contributed by atoms with Crippen LogP contribution in [-0.2, 0) is 4.79 Å². The van der Waals surface area contributed by atoms with Crippen molar-refractivity contribution in [1.82, 2.24) is 10.6 Å². The summed E-state index contributed by atoms with van der Waals surface area (Å²) < 4.78 is 0. The van der Waals surface area contributed by atoms with Gasteiger partial charge < -0.3 is 21.1 Å². The molecule has 0 spiro atoms. The average molecular weight is 408 g/mol. The molecule has 26 heavy (non-hydrogen) atoms. The molecule has 0 saturated heterocycles. The van der Waals surface area contributed by atoms with Gasteiger partial charge in [0, 0.05) is 10.7 Å². The molecular weight excluding hydrogens is 393 g/mol. The highest BCUT2D eigenvalue weighted by Crippen LogP contribution is 2.31. The van der Waals surface area contributed by atoms with Gasteiger partial charge in [-0.2, -0.15) is 0 Å². The van der Waals surface area contributed by atoms with Gasteiger partial charge in [0.05, 0.1) is 22.3 Å². The predicted molar refractivity (Wildman–Crippen MR) is 108 cm³/mol. The van der Waals surface area contributed by atoms with Gasteiger partial charge in [0.15, 0.2) is 5.11 Å². The molecule has 8 heteroatoms. The lowest BCUT2D eigenvalue weighted by atomic mass is 9.95. The van der Waals surface area contributed by atoms with Crippen molar-refractivity contribution >= 4 is 52.1 Å². The number of thiocarbonyl (C=S) groups is 1. The largest absolute Gasteiger partial charge is 0.508 e. The number of anilines is 1. The Kier molecular flexibility index (Phi) is 5.36. The summed E-state index contributed by atoms with van der Waals surface area (Å²) in [5, 5.41) is 19.6. The van der Waals surface area contributed by atoms with Crippen molar-refractivity contribution in [3.8, 4) is 5.75 Å². The highest BCUT2D eigenvalue weighted by atomic mass is 35.5. The van der Waals surface area contributed by atoms with Crippen molar-refractivity contribution in [1.29, 1.82) is 0 Å². The zero-order valence-electron chi connectivity index (χ0n) is 13.6. The van der Waals surface area contributed by atoms with E-state index < -0.39 is 6.04 Å². The third-order valence-corrected chi connectivity index (χ3v) is 4.69. The molecule has 0 bridgehead atoms. The smallest absolute Gasteiger partial charge is 0.255 e. The van der Waals surface area contributed by atoms with Crippen LogP contribution in [0.25, 0.3) is 0 Å². The second kappa shape index (κ2) is 7.53. The van der Waals surface area contributed by atoms with Gasteiger partial charge in [-0.3, -0.25) is 4.79 Å². The van der Waals surface area contributed by atoms with Crippen LogP contribution in [0.1, 0.15) is 18.5 Å². The monoisotopic (exact) mass is 407 g/mol. The van der Waals surface area contributed by atoms with E-state index in [0.29, 0.717) is 32.1 Å². The lowest BCUT2D eigenvalue weighted by Crippen LogP contribution is -2.45. The molecule has 0 aliphatic carbocycles. The predicted octanol–water partition coefficient (Wildman–Crippen LogP) is 4.13. The normalized spacial score (nSPS) is 16.7. The lowest BCUT2D eigenvalue weighted by molar-refractivity contribution is -0.113. The molecule has 3 rings (SSSR count). The summed E-state index contributed by atoms with van der Waals surface area (Å²) in [4.78, 5) is 12.9. The zero-order valence-corrected chi connectivity index (χ0v) is 16.0. The Morgan fingerprint density at radius 3 is 2.54 bits per heavy atom. The maximum absolute atomic E-state index is 12.9. The summed E-state index contributed by atoms with van der Waals surface area (Å²) >= 11 is 17.3. The topological polar surface area (TPSA) is 73.4 Å². The summed E-state index contributed by atoms with van der Waals surface area (Å²) in [6, 6.07) is 11.0. The maximum Gasteiger partial charge on any atom is 0.255 e. The summed E-state index contributed by atoms with van der Waals surface area (Å²) in [6.07, 6.45) is 0. The summed E-state index contributed by atoms with van der Waals surface area (Å²) in [5.74, 6) is -0.183. The van der Waals surface area contributed by atoms with Crippen LogP contribution in [0.4, 0.5) is 5.69 Å². The average Bonchev–Trinajstić information content (AvgIpc) is 2.57. The van der Waals surface area contributed by atoms with Gasteiger partial charge in [0.2, 0.25) is 0 Å². The zero-order chi connectivity index (χ0) is 18.8. The number of allylic oxidation sites excluding steroid dienone is 1. The lowest BCUT2D eigenvalue weighted by Gasteiger charge is -2.30. The molecule has 0 saturated carbocycles. The molecule has 4 N–H and O–H groups in total. The molecule has 1 atom stereocenters. The number of hydrogen-bond acceptors (Lipinski definition) is 3. The molecule has 5 nitrogen and oxygen atoms in total. The van der Waals surface area contributed by atoms with Gasteiger partial charge in [-0.1, -0.05) is 35.3 Å². The third-order valence-electron chi connectivity index (χ3n) is 3.92. The molecule has 134 valence electrons. The molecule has 0 aromatic heterocycles. The van der Waals surface area contributed by atoms with E-state index in [1.807, 2.05) is 0 Å². The fourth-order valence-corrected chi connectivity index (χ4v) is 3.42. The summed E-state index contributed by atoms with van der Waals surface area (Å²) in [7, 11) is 0. The highest BCUT2D eigenvalue weighted by molar-refractivity contribution is 7.80. The van der Waals surface area contributed by atoms with Crippen molar-refractivity contribution < 1.29 is 9.90 Å². The molecular formula is C18H15Cl2N3O2S. The maximum atomic E-state index is 12.9. The van der Waals surface area contributed by atoms with Crippen molar-refractivity contribution in [3.63, 3.8) is 0 Å². The van der Waals surface area contributed by atoms with Crippen molar-refractivity contribution in [2.45, 2.75) is 13.0 Å². The number of hydrogen-bond donors (Lipinski definition) is 4. The Morgan fingerprint density at radius 2 is 1.88 bits per heavy atom. The first-order chi connectivity index (χ1) is 12.3. The van der Waals surface area contributed by atoms with E-state index in [2.05, 4.69) is 16.0 Å². The molecule has 1 amide bonds. The van der Waals surface area contributed by atoms with Crippen molar-refractivity contribution in [2.75, 3.05) is 5.32 Å². The van der Waals surface area contributed by atoms with Crippen LogP contribution in [0.15, 0.2) is 53.7 Å². The minimum Gasteiger partial charge on any atom is -0.508 e. The number of halogens is 2. The number of aromatic hydroxyl groups is 1. The molecule has 2 aromatic rings. The quantitative estimate of drug-likeness (QED) is 0.575. The minimum atomic E-state index is -0.463. The number of benzene rings is 2. The van der Waals surface area contributed by atoms with E-state index in [0.717, 1.165) is 5.56 Å². The van der Waals surface area contributed by atoms with Gasteiger partial charge in [-0.15, -0.1) is 0 Å². The Labute approximate surface area is 166 Å². The van der Waals surface area contributed by atoms with Gasteiger partial charge in [-0.25, -0.2) is 0 Å². The van der Waals surface area contributed by atoms with Crippen molar-refractivity contribution in [2.24, 2.45) is 0 Å². The molecule has 0 fully saturated rings. The highest BCUT2D eigenvalue weighted by Gasteiger charge is 2.30. The Balaban J connectivity index is 1.95. The third kappa shape index (κ3) is 3.93. The fraction of sp³-hybridized carbons (Fsp3) is 0.111. The molecule has 1 heterocycles. The van der Waals surface area contributed by atoms with E-state index in [1.54, 1.807) is 49.4 Å². The van der Waals surface area contributed by atoms with Crippen LogP contribution in [0.2, 0.25) is 10.0 Å². The second-order valence-electron chi connectivity index (χ2n) is 5.74. The Hall–Kier alpha value is -2.28. The van der Waals surface area contributed by atoms with Gasteiger partial charge in [0.1, 0.15) is 5.75 Å². The van der Waals surface area contributed by atoms with E-state index in [9.17, 15) is 9.90 Å². The van der Waals surface area contributed by atoms with E-state index in [-0.39, 0.29) is 11.7 Å². The standard InChI is InChI=1S/C18H15Cl2N3O2S/c1-9-15(17(25)22-14-7-4-11(19)8-13(14)20)16(23-18(26)21-9)10-2-5-12(24)6-3-10/h2-8,16,24H,1H3,(H,22,25)(H2,21,23,26). The minimum absolute atomic E-state index is 0.143. The van der Waals surface area contributed by atoms with Gasteiger partial charge in [-0.05, 0) is 55.0 Å². The van der Waals surface area contributed by atoms with Gasteiger partial charge >= 0.3 is 0 Å². The van der Waals surface area contributed by atoms with E-state index in [1.165, 1.54) is 0 Å². The van der Waals surface area contributed by atoms with E-state index in [4.69, 9.17) is 35.4 Å². The first-order valence-electron chi connectivity index (χ1n) is 7.69. The first-order valence-corrected chi connectivity index (χ1v) is 8.85. The molecule has 1 aliphatic heterocycles. The van der Waals surface area contributed by atoms with Crippen LogP contribution in [-0.4, -0.2) is 16.1 Å². The van der Waals surface area contributed by atoms with E-state index >= 15 is 0 Å². The van der Waals surface area contributed by atoms with Crippen LogP contribution < -0.4 is 16.0 Å². The van der Waals surface area contributed by atoms with Crippen LogP contribution in [0, 0.1) is 0 Å². The SMILES string of the molecule is CC1=C(C(=O)Nc2ccc(Cl)cc2Cl)C(c2ccc(O)cc2)NC(=S)N1. The number of phenolic OH excluding ortho intramolecular Hbond substituents is 1. The Morgan fingerprint density at radius 1 is 1.19 bits per heavy atom. The molecule has 0 radical (unpaired) electrons. The number of carbonyl (C=O) groups excluding carboxylic acids is 1. The fourth-order valence-electron chi connectivity index (χ4n) is 2.69. The summed E-state index contributed by atoms with van der Waals surface area (Å²) in [5.41, 5.74) is 2.35. The Bertz CT molecular complexity index is 913. The van der Waals surface area contributed by atoms with Crippen LogP contribution >= 0.6 is 35.4 Å². The van der Waals surface area contributed by atoms with Gasteiger partial charge in [0.25, 0.3) is 5.91 Å². The number of nitrogens with one attached hydrogen (secondary N) is 3. The van der Waals surface area contributed by atoms with Crippen molar-refractivity contribution in [3.05, 3.63) is 69.3 Å². The van der Waals surface area contributed by atoms with Crippen LogP contribution in [0.5, 0.6) is 5.75 Å². The summed E-state index contributed by atoms with van der Waals surface area (Å²) in [6.45, 7) is 1.78.